The lowest BCUT2D eigenvalue weighted by molar-refractivity contribution is 0.0599. The van der Waals surface area contributed by atoms with Gasteiger partial charge in [0.15, 0.2) is 0 Å². The summed E-state index contributed by atoms with van der Waals surface area (Å²) in [5.74, 6) is 0.295. The largest absolute Gasteiger partial charge is 0.465 e. The van der Waals surface area contributed by atoms with Crippen molar-refractivity contribution in [1.82, 2.24) is 10.2 Å². The average molecular weight is 278 g/mol. The Labute approximate surface area is 122 Å². The Morgan fingerprint density at radius 2 is 1.95 bits per heavy atom. The first kappa shape index (κ1) is 16.7. The number of hydrogen-bond acceptors (Lipinski definition) is 4. The van der Waals surface area contributed by atoms with Crippen LogP contribution in [-0.4, -0.2) is 44.7 Å². The monoisotopic (exact) mass is 278 g/mol. The fourth-order valence-corrected chi connectivity index (χ4v) is 2.35. The number of nitrogens with one attached hydrogen (secondary N) is 1. The Morgan fingerprint density at radius 3 is 2.50 bits per heavy atom. The van der Waals surface area contributed by atoms with Crippen molar-refractivity contribution in [3.05, 3.63) is 35.4 Å². The SMILES string of the molecule is COC(=O)c1ccccc1CNCC(C(C)C)N(C)C. The van der Waals surface area contributed by atoms with Gasteiger partial charge in [-0.15, -0.1) is 0 Å². The fraction of sp³-hybridized carbons (Fsp3) is 0.562. The van der Waals surface area contributed by atoms with Gasteiger partial charge >= 0.3 is 5.97 Å². The van der Waals surface area contributed by atoms with Crippen LogP contribution in [0, 0.1) is 5.92 Å². The number of methoxy groups -OCH3 is 1. The van der Waals surface area contributed by atoms with E-state index < -0.39 is 0 Å². The van der Waals surface area contributed by atoms with Crippen molar-refractivity contribution in [2.24, 2.45) is 5.92 Å². The van der Waals surface area contributed by atoms with Gasteiger partial charge in [0.25, 0.3) is 0 Å². The molecule has 1 aromatic carbocycles. The van der Waals surface area contributed by atoms with E-state index in [-0.39, 0.29) is 5.97 Å². The lowest BCUT2D eigenvalue weighted by Crippen LogP contribution is -2.41. The van der Waals surface area contributed by atoms with Gasteiger partial charge in [-0.25, -0.2) is 4.79 Å². The molecule has 0 aliphatic carbocycles. The first-order valence-electron chi connectivity index (χ1n) is 7.00. The van der Waals surface area contributed by atoms with Crippen LogP contribution in [0.1, 0.15) is 29.8 Å². The molecule has 0 saturated heterocycles. The third kappa shape index (κ3) is 4.62. The Balaban J connectivity index is 2.64. The molecular formula is C16H26N2O2. The van der Waals surface area contributed by atoms with Crippen molar-refractivity contribution in [2.75, 3.05) is 27.7 Å². The molecule has 0 aliphatic rings. The second kappa shape index (κ2) is 8.02. The van der Waals surface area contributed by atoms with E-state index in [1.54, 1.807) is 6.07 Å². The van der Waals surface area contributed by atoms with Crippen molar-refractivity contribution in [3.8, 4) is 0 Å². The van der Waals surface area contributed by atoms with Crippen LogP contribution in [0.5, 0.6) is 0 Å². The standard InChI is InChI=1S/C16H26N2O2/c1-12(2)15(18(3)4)11-17-10-13-8-6-7-9-14(13)16(19)20-5/h6-9,12,15,17H,10-11H2,1-5H3. The molecule has 112 valence electrons. The van der Waals surface area contributed by atoms with Gasteiger partial charge in [-0.2, -0.15) is 0 Å². The maximum absolute atomic E-state index is 11.7. The number of carbonyl (C=O) groups is 1. The molecule has 0 spiro atoms. The van der Waals surface area contributed by atoms with Gasteiger partial charge in [-0.05, 0) is 31.6 Å². The van der Waals surface area contributed by atoms with Crippen LogP contribution in [0.15, 0.2) is 24.3 Å². The number of nitrogens with zero attached hydrogens (tertiary/aromatic N) is 1. The normalized spacial score (nSPS) is 12.8. The summed E-state index contributed by atoms with van der Waals surface area (Å²) in [6.07, 6.45) is 0. The van der Waals surface area contributed by atoms with Gasteiger partial charge in [0, 0.05) is 19.1 Å². The molecule has 4 heteroatoms. The molecule has 0 bridgehead atoms. The Hall–Kier alpha value is -1.39. The molecule has 0 amide bonds. The van der Waals surface area contributed by atoms with E-state index in [0.717, 1.165) is 12.1 Å². The highest BCUT2D eigenvalue weighted by molar-refractivity contribution is 5.90. The van der Waals surface area contributed by atoms with Crippen LogP contribution in [0.25, 0.3) is 0 Å². The zero-order valence-corrected chi connectivity index (χ0v) is 13.1. The van der Waals surface area contributed by atoms with Gasteiger partial charge in [0.1, 0.15) is 0 Å². The molecule has 4 nitrogen and oxygen atoms in total. The molecule has 1 N–H and O–H groups in total. The summed E-state index contributed by atoms with van der Waals surface area (Å²) in [4.78, 5) is 13.9. The summed E-state index contributed by atoms with van der Waals surface area (Å²) in [7, 11) is 5.59. The molecule has 0 heterocycles. The topological polar surface area (TPSA) is 41.6 Å². The second-order valence-electron chi connectivity index (χ2n) is 5.55. The third-order valence-corrected chi connectivity index (χ3v) is 3.52. The number of benzene rings is 1. The van der Waals surface area contributed by atoms with Crippen LogP contribution < -0.4 is 5.32 Å². The highest BCUT2D eigenvalue weighted by Crippen LogP contribution is 2.11. The fourth-order valence-electron chi connectivity index (χ4n) is 2.35. The Morgan fingerprint density at radius 1 is 1.30 bits per heavy atom. The molecule has 0 aliphatic heterocycles. The quantitative estimate of drug-likeness (QED) is 0.776. The summed E-state index contributed by atoms with van der Waals surface area (Å²) in [5.41, 5.74) is 1.61. The molecule has 1 rings (SSSR count). The first-order chi connectivity index (χ1) is 9.47. The number of ether oxygens (including phenoxy) is 1. The summed E-state index contributed by atoms with van der Waals surface area (Å²) < 4.78 is 4.81. The van der Waals surface area contributed by atoms with E-state index in [2.05, 4.69) is 38.2 Å². The summed E-state index contributed by atoms with van der Waals surface area (Å²) in [6, 6.07) is 8.02. The number of esters is 1. The van der Waals surface area contributed by atoms with E-state index >= 15 is 0 Å². The van der Waals surface area contributed by atoms with Gasteiger partial charge < -0.3 is 15.0 Å². The van der Waals surface area contributed by atoms with E-state index in [1.165, 1.54) is 7.11 Å². The predicted octanol–water partition coefficient (Wildman–Crippen LogP) is 2.15. The highest BCUT2D eigenvalue weighted by Gasteiger charge is 2.16. The van der Waals surface area contributed by atoms with Crippen LogP contribution in [-0.2, 0) is 11.3 Å². The van der Waals surface area contributed by atoms with Crippen molar-refractivity contribution >= 4 is 5.97 Å². The van der Waals surface area contributed by atoms with E-state index in [4.69, 9.17) is 4.74 Å². The molecule has 1 aromatic rings. The number of likely N-dealkylation sites (N-methyl/N-ethyl adjacent to an activating group) is 1. The Bertz CT molecular complexity index is 422. The predicted molar refractivity (Wildman–Crippen MR) is 81.8 cm³/mol. The molecule has 0 radical (unpaired) electrons. The summed E-state index contributed by atoms with van der Waals surface area (Å²) >= 11 is 0. The summed E-state index contributed by atoms with van der Waals surface area (Å²) in [6.45, 7) is 5.99. The second-order valence-corrected chi connectivity index (χ2v) is 5.55. The maximum atomic E-state index is 11.7. The van der Waals surface area contributed by atoms with Gasteiger partial charge in [-0.3, -0.25) is 0 Å². The first-order valence-corrected chi connectivity index (χ1v) is 7.00. The van der Waals surface area contributed by atoms with Crippen molar-refractivity contribution in [3.63, 3.8) is 0 Å². The van der Waals surface area contributed by atoms with Crippen LogP contribution in [0.3, 0.4) is 0 Å². The maximum Gasteiger partial charge on any atom is 0.338 e. The zero-order valence-electron chi connectivity index (χ0n) is 13.1. The zero-order chi connectivity index (χ0) is 15.1. The average Bonchev–Trinajstić information content (AvgIpc) is 2.42. The van der Waals surface area contributed by atoms with E-state index in [9.17, 15) is 4.79 Å². The van der Waals surface area contributed by atoms with Crippen LogP contribution in [0.4, 0.5) is 0 Å². The lowest BCUT2D eigenvalue weighted by Gasteiger charge is -2.28. The highest BCUT2D eigenvalue weighted by atomic mass is 16.5. The number of rotatable bonds is 7. The van der Waals surface area contributed by atoms with Crippen molar-refractivity contribution < 1.29 is 9.53 Å². The van der Waals surface area contributed by atoms with E-state index in [0.29, 0.717) is 24.1 Å². The Kier molecular flexibility index (Phi) is 6.68. The molecule has 20 heavy (non-hydrogen) atoms. The van der Waals surface area contributed by atoms with E-state index in [1.807, 2.05) is 18.2 Å². The van der Waals surface area contributed by atoms with Crippen molar-refractivity contribution in [2.45, 2.75) is 26.4 Å². The van der Waals surface area contributed by atoms with Gasteiger partial charge in [-0.1, -0.05) is 32.0 Å². The molecule has 1 unspecified atom stereocenters. The molecule has 0 saturated carbocycles. The van der Waals surface area contributed by atoms with Crippen molar-refractivity contribution in [1.29, 1.82) is 0 Å². The minimum Gasteiger partial charge on any atom is -0.465 e. The number of hydrogen-bond donors (Lipinski definition) is 1. The summed E-state index contributed by atoms with van der Waals surface area (Å²) in [5, 5.41) is 3.43. The van der Waals surface area contributed by atoms with Crippen LogP contribution in [0.2, 0.25) is 0 Å². The molecular weight excluding hydrogens is 252 g/mol. The minimum absolute atomic E-state index is 0.282. The van der Waals surface area contributed by atoms with Gasteiger partial charge in [0.05, 0.1) is 12.7 Å². The minimum atomic E-state index is -0.282. The molecule has 0 fully saturated rings. The lowest BCUT2D eigenvalue weighted by atomic mass is 10.0. The smallest absolute Gasteiger partial charge is 0.338 e. The molecule has 0 aromatic heterocycles. The third-order valence-electron chi connectivity index (χ3n) is 3.52. The van der Waals surface area contributed by atoms with Crippen LogP contribution >= 0.6 is 0 Å². The number of carbonyl (C=O) groups excluding carboxylic acids is 1. The molecule has 1 atom stereocenters. The van der Waals surface area contributed by atoms with Gasteiger partial charge in [0.2, 0.25) is 0 Å².